The lowest BCUT2D eigenvalue weighted by Gasteiger charge is -2.41. The Labute approximate surface area is 144 Å². The van der Waals surface area contributed by atoms with Crippen LogP contribution in [0.3, 0.4) is 0 Å². The molecule has 0 aliphatic heterocycles. The molecule has 0 heterocycles. The SMILES string of the molecule is SC1CCC2C3CCC12C(SC1CC2CC1C1CC=CC21)C3. The summed E-state index contributed by atoms with van der Waals surface area (Å²) in [5.74, 6) is 6.27. The van der Waals surface area contributed by atoms with Gasteiger partial charge in [-0.1, -0.05) is 12.2 Å². The Hall–Kier alpha value is 0.440. The zero-order valence-electron chi connectivity index (χ0n) is 13.4. The van der Waals surface area contributed by atoms with Crippen molar-refractivity contribution in [3.63, 3.8) is 0 Å². The van der Waals surface area contributed by atoms with E-state index in [1.807, 2.05) is 0 Å². The van der Waals surface area contributed by atoms with Crippen molar-refractivity contribution in [3.8, 4) is 0 Å². The number of rotatable bonds is 2. The van der Waals surface area contributed by atoms with Crippen LogP contribution in [0.5, 0.6) is 0 Å². The predicted molar refractivity (Wildman–Crippen MR) is 97.4 cm³/mol. The fourth-order valence-corrected chi connectivity index (χ4v) is 11.3. The van der Waals surface area contributed by atoms with Gasteiger partial charge in [-0.2, -0.15) is 24.4 Å². The first-order valence-corrected chi connectivity index (χ1v) is 11.2. The first-order valence-electron chi connectivity index (χ1n) is 9.77. The lowest BCUT2D eigenvalue weighted by Crippen LogP contribution is -2.38. The fourth-order valence-electron chi connectivity index (χ4n) is 8.22. The van der Waals surface area contributed by atoms with Gasteiger partial charge in [0.1, 0.15) is 0 Å². The molecule has 0 aromatic rings. The monoisotopic (exact) mass is 332 g/mol. The zero-order chi connectivity index (χ0) is 14.5. The molecule has 0 amide bonds. The molecule has 4 bridgehead atoms. The summed E-state index contributed by atoms with van der Waals surface area (Å²) in [7, 11) is 0. The molecule has 10 atom stereocenters. The topological polar surface area (TPSA) is 0 Å². The summed E-state index contributed by atoms with van der Waals surface area (Å²) in [5, 5.41) is 2.70. The van der Waals surface area contributed by atoms with Crippen molar-refractivity contribution >= 4 is 24.4 Å². The predicted octanol–water partition coefficient (Wildman–Crippen LogP) is 5.20. The van der Waals surface area contributed by atoms with Crippen LogP contribution in [0.1, 0.15) is 51.4 Å². The van der Waals surface area contributed by atoms with E-state index < -0.39 is 0 Å². The van der Waals surface area contributed by atoms with Crippen LogP contribution in [-0.2, 0) is 0 Å². The van der Waals surface area contributed by atoms with Gasteiger partial charge in [-0.3, -0.25) is 0 Å². The molecule has 6 aliphatic carbocycles. The van der Waals surface area contributed by atoms with Crippen molar-refractivity contribution in [2.45, 2.75) is 67.1 Å². The maximum absolute atomic E-state index is 5.11. The van der Waals surface area contributed by atoms with E-state index in [9.17, 15) is 0 Å². The third-order valence-electron chi connectivity index (χ3n) is 8.98. The van der Waals surface area contributed by atoms with E-state index >= 15 is 0 Å². The molecule has 5 saturated carbocycles. The second-order valence-corrected chi connectivity index (χ2v) is 11.4. The molecule has 6 aliphatic rings. The van der Waals surface area contributed by atoms with E-state index in [2.05, 4.69) is 23.9 Å². The van der Waals surface area contributed by atoms with Crippen molar-refractivity contribution in [2.75, 3.05) is 0 Å². The van der Waals surface area contributed by atoms with E-state index in [0.717, 1.165) is 51.3 Å². The summed E-state index contributed by atoms with van der Waals surface area (Å²) in [5.41, 5.74) is 0.660. The first-order chi connectivity index (χ1) is 10.8. The summed E-state index contributed by atoms with van der Waals surface area (Å²) in [6, 6.07) is 0. The molecule has 6 rings (SSSR count). The Bertz CT molecular complexity index is 528. The minimum atomic E-state index is 0.660. The Kier molecular flexibility index (Phi) is 2.82. The second-order valence-electron chi connectivity index (χ2n) is 9.31. The van der Waals surface area contributed by atoms with Crippen molar-refractivity contribution < 1.29 is 0 Å². The minimum Gasteiger partial charge on any atom is -0.175 e. The highest BCUT2D eigenvalue weighted by Gasteiger charge is 2.65. The van der Waals surface area contributed by atoms with Crippen LogP contribution >= 0.6 is 24.4 Å². The van der Waals surface area contributed by atoms with Gasteiger partial charge < -0.3 is 0 Å². The minimum absolute atomic E-state index is 0.660. The first kappa shape index (κ1) is 13.7. The number of fused-ring (bicyclic) bond motifs is 5. The van der Waals surface area contributed by atoms with Gasteiger partial charge in [0.2, 0.25) is 0 Å². The third-order valence-corrected chi connectivity index (χ3v) is 11.6. The normalized spacial score (nSPS) is 63.8. The van der Waals surface area contributed by atoms with Crippen molar-refractivity contribution in [1.29, 1.82) is 0 Å². The van der Waals surface area contributed by atoms with E-state index in [4.69, 9.17) is 12.6 Å². The van der Waals surface area contributed by atoms with Crippen molar-refractivity contribution in [1.82, 2.24) is 0 Å². The molecule has 22 heavy (non-hydrogen) atoms. The number of hydrogen-bond donors (Lipinski definition) is 1. The van der Waals surface area contributed by atoms with Crippen molar-refractivity contribution in [2.24, 2.45) is 40.9 Å². The molecule has 0 saturated heterocycles. The highest BCUT2D eigenvalue weighted by molar-refractivity contribution is 8.00. The lowest BCUT2D eigenvalue weighted by molar-refractivity contribution is 0.272. The Morgan fingerprint density at radius 1 is 1.00 bits per heavy atom. The summed E-state index contributed by atoms with van der Waals surface area (Å²) >= 11 is 7.59. The maximum atomic E-state index is 5.11. The summed E-state index contributed by atoms with van der Waals surface area (Å²) < 4.78 is 0. The van der Waals surface area contributed by atoms with Crippen LogP contribution in [0.15, 0.2) is 12.2 Å². The molecule has 10 unspecified atom stereocenters. The fraction of sp³-hybridized carbons (Fsp3) is 0.900. The van der Waals surface area contributed by atoms with Gasteiger partial charge in [-0.25, -0.2) is 0 Å². The Balaban J connectivity index is 1.25. The number of thiol groups is 1. The number of hydrogen-bond acceptors (Lipinski definition) is 2. The molecule has 120 valence electrons. The van der Waals surface area contributed by atoms with Crippen LogP contribution in [0.25, 0.3) is 0 Å². The van der Waals surface area contributed by atoms with Gasteiger partial charge in [0.15, 0.2) is 0 Å². The van der Waals surface area contributed by atoms with Crippen LogP contribution in [0.2, 0.25) is 0 Å². The Morgan fingerprint density at radius 3 is 2.91 bits per heavy atom. The summed E-state index contributed by atoms with van der Waals surface area (Å²) in [6.07, 6.45) is 17.1. The largest absolute Gasteiger partial charge is 0.175 e. The Morgan fingerprint density at radius 2 is 1.95 bits per heavy atom. The van der Waals surface area contributed by atoms with E-state index in [1.165, 1.54) is 32.1 Å². The van der Waals surface area contributed by atoms with Gasteiger partial charge in [-0.05, 0) is 92.3 Å². The van der Waals surface area contributed by atoms with E-state index in [-0.39, 0.29) is 0 Å². The van der Waals surface area contributed by atoms with Gasteiger partial charge in [0.25, 0.3) is 0 Å². The quantitative estimate of drug-likeness (QED) is 0.536. The van der Waals surface area contributed by atoms with Gasteiger partial charge in [0.05, 0.1) is 0 Å². The smallest absolute Gasteiger partial charge is 0.0122 e. The molecular weight excluding hydrogens is 304 g/mol. The highest BCUT2D eigenvalue weighted by Crippen LogP contribution is 2.71. The zero-order valence-corrected chi connectivity index (χ0v) is 15.1. The van der Waals surface area contributed by atoms with E-state index in [1.54, 1.807) is 19.3 Å². The van der Waals surface area contributed by atoms with Gasteiger partial charge >= 0.3 is 0 Å². The molecule has 5 fully saturated rings. The third kappa shape index (κ3) is 1.51. The molecule has 0 radical (unpaired) electrons. The van der Waals surface area contributed by atoms with Crippen LogP contribution < -0.4 is 0 Å². The molecular formula is C20H28S2. The number of thioether (sulfide) groups is 1. The van der Waals surface area contributed by atoms with Crippen LogP contribution in [0.4, 0.5) is 0 Å². The molecule has 0 aromatic heterocycles. The lowest BCUT2D eigenvalue weighted by atomic mass is 9.80. The summed E-state index contributed by atoms with van der Waals surface area (Å²) in [6.45, 7) is 0. The highest BCUT2D eigenvalue weighted by atomic mass is 32.2. The average Bonchev–Trinajstić information content (AvgIpc) is 3.27. The molecule has 0 aromatic carbocycles. The average molecular weight is 333 g/mol. The van der Waals surface area contributed by atoms with Crippen LogP contribution in [0, 0.1) is 40.9 Å². The molecule has 2 heteroatoms. The standard InChI is InChI=1S/C20H28S2/c21-18-5-4-16-11-6-7-20(16,18)19(10-11)22-17-9-12-8-15(17)14-3-1-2-13(12)14/h1-2,11-19,21H,3-10H2. The molecule has 0 nitrogen and oxygen atoms in total. The molecule has 0 spiro atoms. The summed E-state index contributed by atoms with van der Waals surface area (Å²) in [4.78, 5) is 0. The van der Waals surface area contributed by atoms with E-state index in [0.29, 0.717) is 5.41 Å². The van der Waals surface area contributed by atoms with Gasteiger partial charge in [-0.15, -0.1) is 0 Å². The van der Waals surface area contributed by atoms with Crippen LogP contribution in [-0.4, -0.2) is 15.7 Å². The van der Waals surface area contributed by atoms with Crippen molar-refractivity contribution in [3.05, 3.63) is 12.2 Å². The number of allylic oxidation sites excluding steroid dienone is 2. The van der Waals surface area contributed by atoms with Gasteiger partial charge in [0, 0.05) is 15.7 Å². The molecule has 0 N–H and O–H groups in total. The second kappa shape index (κ2) is 4.54. The maximum Gasteiger partial charge on any atom is 0.0122 e.